The van der Waals surface area contributed by atoms with E-state index < -0.39 is 3.79 Å². The van der Waals surface area contributed by atoms with Gasteiger partial charge < -0.3 is 4.90 Å². The molecule has 0 spiro atoms. The molecule has 4 fully saturated rings. The third-order valence-electron chi connectivity index (χ3n) is 4.35. The molecule has 2 nitrogen and oxygen atoms in total. The molecule has 4 bridgehead atoms. The number of nitrogens with zero attached hydrogens (tertiary/aromatic N) is 1. The molecule has 1 amide bonds. The first-order valence-corrected chi connectivity index (χ1v) is 6.98. The van der Waals surface area contributed by atoms with Crippen molar-refractivity contribution < 1.29 is 4.79 Å². The van der Waals surface area contributed by atoms with Gasteiger partial charge in [-0.1, -0.05) is 34.8 Å². The molecular formula is C11H14Cl3NO. The molecule has 2 heterocycles. The molecule has 5 heteroatoms. The van der Waals surface area contributed by atoms with E-state index in [9.17, 15) is 4.79 Å². The summed E-state index contributed by atoms with van der Waals surface area (Å²) in [4.78, 5) is 14.0. The van der Waals surface area contributed by atoms with Crippen molar-refractivity contribution in [3.05, 3.63) is 0 Å². The monoisotopic (exact) mass is 281 g/mol. The van der Waals surface area contributed by atoms with Crippen LogP contribution in [-0.4, -0.2) is 26.7 Å². The van der Waals surface area contributed by atoms with Gasteiger partial charge in [0.2, 0.25) is 0 Å². The Morgan fingerprint density at radius 3 is 1.75 bits per heavy atom. The van der Waals surface area contributed by atoms with Crippen molar-refractivity contribution in [2.24, 2.45) is 11.8 Å². The first kappa shape index (κ1) is 11.4. The molecule has 90 valence electrons. The molecule has 2 aliphatic heterocycles. The van der Waals surface area contributed by atoms with E-state index >= 15 is 0 Å². The highest BCUT2D eigenvalue weighted by Crippen LogP contribution is 2.50. The molecule has 0 aromatic rings. The van der Waals surface area contributed by atoms with Crippen LogP contribution in [0.5, 0.6) is 0 Å². The molecule has 2 saturated carbocycles. The third kappa shape index (κ3) is 1.74. The van der Waals surface area contributed by atoms with Crippen molar-refractivity contribution in [2.45, 2.75) is 48.0 Å². The van der Waals surface area contributed by atoms with Crippen LogP contribution < -0.4 is 0 Å². The largest absolute Gasteiger partial charge is 0.333 e. The van der Waals surface area contributed by atoms with E-state index in [2.05, 4.69) is 0 Å². The Morgan fingerprint density at radius 2 is 1.38 bits per heavy atom. The van der Waals surface area contributed by atoms with Crippen LogP contribution in [0.4, 0.5) is 0 Å². The molecule has 0 unspecified atom stereocenters. The fourth-order valence-corrected chi connectivity index (χ4v) is 4.30. The molecule has 2 saturated heterocycles. The first-order chi connectivity index (χ1) is 7.45. The average Bonchev–Trinajstić information content (AvgIpc) is 2.13. The quantitative estimate of drug-likeness (QED) is 0.625. The Hall–Kier alpha value is 0.340. The zero-order valence-electron chi connectivity index (χ0n) is 8.83. The lowest BCUT2D eigenvalue weighted by atomic mass is 9.63. The molecule has 0 aromatic heterocycles. The van der Waals surface area contributed by atoms with E-state index in [4.69, 9.17) is 34.8 Å². The van der Waals surface area contributed by atoms with Gasteiger partial charge in [-0.2, -0.15) is 0 Å². The standard InChI is InChI=1S/C11H14Cl3NO/c12-11(13,14)10(16)15-8-2-6-1-7(4-8)5-9(15)3-6/h6-9H,1-5H2. The molecular weight excluding hydrogens is 268 g/mol. The van der Waals surface area contributed by atoms with E-state index in [0.29, 0.717) is 12.1 Å². The number of hydrogen-bond acceptors (Lipinski definition) is 1. The lowest BCUT2D eigenvalue weighted by Gasteiger charge is -2.56. The lowest BCUT2D eigenvalue weighted by Crippen LogP contribution is -2.61. The maximum absolute atomic E-state index is 12.1. The summed E-state index contributed by atoms with van der Waals surface area (Å²) in [6, 6.07) is 0.666. The smallest absolute Gasteiger partial charge is 0.275 e. The van der Waals surface area contributed by atoms with Crippen LogP contribution in [0.1, 0.15) is 32.1 Å². The van der Waals surface area contributed by atoms with Crippen LogP contribution in [0.25, 0.3) is 0 Å². The molecule has 0 N–H and O–H groups in total. The second kappa shape index (κ2) is 3.66. The number of amides is 1. The maximum atomic E-state index is 12.1. The lowest BCUT2D eigenvalue weighted by molar-refractivity contribution is -0.148. The van der Waals surface area contributed by atoms with Gasteiger partial charge in [-0.25, -0.2) is 0 Å². The normalized spacial score (nSPS) is 41.6. The van der Waals surface area contributed by atoms with Gasteiger partial charge in [0, 0.05) is 12.1 Å². The highest BCUT2D eigenvalue weighted by molar-refractivity contribution is 6.76. The predicted molar refractivity (Wildman–Crippen MR) is 64.8 cm³/mol. The summed E-state index contributed by atoms with van der Waals surface area (Å²) in [6.45, 7) is 0. The van der Waals surface area contributed by atoms with Gasteiger partial charge in [-0.3, -0.25) is 4.79 Å². The van der Waals surface area contributed by atoms with Gasteiger partial charge in [0.1, 0.15) is 0 Å². The Balaban J connectivity index is 1.84. The van der Waals surface area contributed by atoms with Crippen molar-refractivity contribution in [2.75, 3.05) is 0 Å². The van der Waals surface area contributed by atoms with Crippen LogP contribution in [0.15, 0.2) is 0 Å². The van der Waals surface area contributed by atoms with Gasteiger partial charge in [0.15, 0.2) is 0 Å². The third-order valence-corrected chi connectivity index (χ3v) is 4.84. The maximum Gasteiger partial charge on any atom is 0.275 e. The summed E-state index contributed by atoms with van der Waals surface area (Å²) in [5, 5.41) is 0. The summed E-state index contributed by atoms with van der Waals surface area (Å²) in [7, 11) is 0. The van der Waals surface area contributed by atoms with Crippen molar-refractivity contribution in [1.29, 1.82) is 0 Å². The molecule has 16 heavy (non-hydrogen) atoms. The molecule has 4 aliphatic rings. The van der Waals surface area contributed by atoms with Gasteiger partial charge in [0.25, 0.3) is 9.70 Å². The number of carbonyl (C=O) groups excluding carboxylic acids is 1. The van der Waals surface area contributed by atoms with Crippen LogP contribution >= 0.6 is 34.8 Å². The van der Waals surface area contributed by atoms with E-state index in [1.54, 1.807) is 0 Å². The Kier molecular flexibility index (Phi) is 2.62. The van der Waals surface area contributed by atoms with E-state index in [1.807, 2.05) is 4.90 Å². The average molecular weight is 283 g/mol. The number of halogens is 3. The topological polar surface area (TPSA) is 20.3 Å². The minimum Gasteiger partial charge on any atom is -0.333 e. The second-order valence-corrected chi connectivity index (χ2v) is 7.71. The Morgan fingerprint density at radius 1 is 0.938 bits per heavy atom. The van der Waals surface area contributed by atoms with Crippen molar-refractivity contribution in [1.82, 2.24) is 4.90 Å². The highest BCUT2D eigenvalue weighted by atomic mass is 35.6. The Bertz CT molecular complexity index is 298. The number of alkyl halides is 3. The van der Waals surface area contributed by atoms with Gasteiger partial charge in [-0.15, -0.1) is 0 Å². The minimum atomic E-state index is -1.78. The zero-order chi connectivity index (χ0) is 11.5. The van der Waals surface area contributed by atoms with Crippen molar-refractivity contribution >= 4 is 40.7 Å². The SMILES string of the molecule is O=C(N1C2CC3CC(C2)CC1C3)C(Cl)(Cl)Cl. The summed E-state index contributed by atoms with van der Waals surface area (Å²) in [5.74, 6) is 1.30. The number of piperidine rings is 2. The van der Waals surface area contributed by atoms with E-state index in [-0.39, 0.29) is 5.91 Å². The van der Waals surface area contributed by atoms with Gasteiger partial charge >= 0.3 is 0 Å². The molecule has 2 aliphatic carbocycles. The second-order valence-electron chi connectivity index (χ2n) is 5.43. The predicted octanol–water partition coefficient (Wildman–Crippen LogP) is 3.15. The minimum absolute atomic E-state index is 0.314. The highest BCUT2D eigenvalue weighted by Gasteiger charge is 2.51. The van der Waals surface area contributed by atoms with Crippen molar-refractivity contribution in [3.8, 4) is 0 Å². The molecule has 0 radical (unpaired) electrons. The van der Waals surface area contributed by atoms with Crippen LogP contribution in [0, 0.1) is 11.8 Å². The van der Waals surface area contributed by atoms with Gasteiger partial charge in [0.05, 0.1) is 0 Å². The van der Waals surface area contributed by atoms with E-state index in [0.717, 1.165) is 37.5 Å². The summed E-state index contributed by atoms with van der Waals surface area (Å²) < 4.78 is -1.78. The van der Waals surface area contributed by atoms with Crippen LogP contribution in [0.2, 0.25) is 0 Å². The Labute approximate surface area is 110 Å². The molecule has 4 rings (SSSR count). The van der Waals surface area contributed by atoms with Crippen LogP contribution in [-0.2, 0) is 4.79 Å². The zero-order valence-corrected chi connectivity index (χ0v) is 11.1. The fourth-order valence-electron chi connectivity index (χ4n) is 4.01. The summed E-state index contributed by atoms with van der Waals surface area (Å²) in [5.41, 5.74) is 0. The summed E-state index contributed by atoms with van der Waals surface area (Å²) in [6.07, 6.45) is 5.79. The number of hydrogen-bond donors (Lipinski definition) is 0. The summed E-state index contributed by atoms with van der Waals surface area (Å²) >= 11 is 17.1. The number of rotatable bonds is 0. The molecule has 0 aromatic carbocycles. The first-order valence-electron chi connectivity index (χ1n) is 5.84. The fraction of sp³-hybridized carbons (Fsp3) is 0.909. The van der Waals surface area contributed by atoms with E-state index in [1.165, 1.54) is 6.42 Å². The number of carbonyl (C=O) groups is 1. The van der Waals surface area contributed by atoms with Crippen LogP contribution in [0.3, 0.4) is 0 Å². The van der Waals surface area contributed by atoms with Gasteiger partial charge in [-0.05, 0) is 43.9 Å². The van der Waals surface area contributed by atoms with Crippen molar-refractivity contribution in [3.63, 3.8) is 0 Å². The molecule has 0 atom stereocenters.